The molecule has 1 N–H and O–H groups in total. The van der Waals surface area contributed by atoms with Crippen LogP contribution in [0.15, 0.2) is 32.9 Å². The zero-order valence-electron chi connectivity index (χ0n) is 8.77. The SMILES string of the molecule is Cc1occc1Sc1nc(Cl)nc2[nH]ncc12. The number of hydrogen-bond acceptors (Lipinski definition) is 5. The molecule has 5 nitrogen and oxygen atoms in total. The number of rotatable bonds is 2. The standard InChI is InChI=1S/C10H7ClN4OS/c1-5-7(2-3-16-5)17-9-6-4-12-15-8(6)13-10(11)14-9/h2-4H,1H3,(H,12,13,14,15). The number of nitrogens with one attached hydrogen (secondary N) is 1. The van der Waals surface area contributed by atoms with Gasteiger partial charge in [0.25, 0.3) is 0 Å². The average Bonchev–Trinajstić information content (AvgIpc) is 2.88. The van der Waals surface area contributed by atoms with Crippen molar-refractivity contribution < 1.29 is 4.42 Å². The van der Waals surface area contributed by atoms with Gasteiger partial charge in [-0.2, -0.15) is 10.1 Å². The third kappa shape index (κ3) is 1.89. The Morgan fingerprint density at radius 2 is 2.29 bits per heavy atom. The summed E-state index contributed by atoms with van der Waals surface area (Å²) < 4.78 is 5.24. The monoisotopic (exact) mass is 266 g/mol. The summed E-state index contributed by atoms with van der Waals surface area (Å²) in [5.41, 5.74) is 0.633. The normalized spacial score (nSPS) is 11.2. The molecule has 3 aromatic heterocycles. The molecule has 0 aliphatic rings. The second kappa shape index (κ2) is 4.05. The first-order chi connectivity index (χ1) is 8.24. The Morgan fingerprint density at radius 3 is 3.06 bits per heavy atom. The van der Waals surface area contributed by atoms with Gasteiger partial charge in [0.05, 0.1) is 22.7 Å². The van der Waals surface area contributed by atoms with Gasteiger partial charge < -0.3 is 4.42 Å². The highest BCUT2D eigenvalue weighted by Crippen LogP contribution is 2.33. The number of aryl methyl sites for hydroxylation is 1. The molecule has 0 spiro atoms. The van der Waals surface area contributed by atoms with Crippen LogP contribution in [0.4, 0.5) is 0 Å². The van der Waals surface area contributed by atoms with E-state index in [1.54, 1.807) is 12.5 Å². The van der Waals surface area contributed by atoms with E-state index in [1.165, 1.54) is 11.8 Å². The van der Waals surface area contributed by atoms with E-state index in [0.29, 0.717) is 5.65 Å². The first kappa shape index (κ1) is 10.6. The second-order valence-electron chi connectivity index (χ2n) is 3.37. The molecule has 0 radical (unpaired) electrons. The number of halogens is 1. The van der Waals surface area contributed by atoms with Crippen molar-refractivity contribution >= 4 is 34.4 Å². The minimum Gasteiger partial charge on any atom is -0.468 e. The van der Waals surface area contributed by atoms with E-state index >= 15 is 0 Å². The Morgan fingerprint density at radius 1 is 1.41 bits per heavy atom. The van der Waals surface area contributed by atoms with Crippen LogP contribution in [0.5, 0.6) is 0 Å². The molecule has 0 saturated heterocycles. The van der Waals surface area contributed by atoms with Crippen LogP contribution >= 0.6 is 23.4 Å². The number of H-pyrrole nitrogens is 1. The fourth-order valence-electron chi connectivity index (χ4n) is 1.44. The number of aromatic amines is 1. The number of furan rings is 1. The summed E-state index contributed by atoms with van der Waals surface area (Å²) >= 11 is 7.33. The highest BCUT2D eigenvalue weighted by Gasteiger charge is 2.12. The quantitative estimate of drug-likeness (QED) is 0.570. The second-order valence-corrected chi connectivity index (χ2v) is 4.74. The van der Waals surface area contributed by atoms with Crippen LogP contribution in [-0.4, -0.2) is 20.2 Å². The molecule has 0 atom stereocenters. The van der Waals surface area contributed by atoms with Crippen LogP contribution in [0.3, 0.4) is 0 Å². The summed E-state index contributed by atoms with van der Waals surface area (Å²) in [7, 11) is 0. The smallest absolute Gasteiger partial charge is 0.225 e. The van der Waals surface area contributed by atoms with Crippen LogP contribution in [0, 0.1) is 6.92 Å². The Hall–Kier alpha value is -1.53. The van der Waals surface area contributed by atoms with Gasteiger partial charge in [0.15, 0.2) is 5.65 Å². The Kier molecular flexibility index (Phi) is 2.53. The topological polar surface area (TPSA) is 67.6 Å². The zero-order chi connectivity index (χ0) is 11.8. The van der Waals surface area contributed by atoms with Crippen molar-refractivity contribution in [3.63, 3.8) is 0 Å². The molecule has 7 heteroatoms. The fraction of sp³-hybridized carbons (Fsp3) is 0.100. The minimum absolute atomic E-state index is 0.199. The van der Waals surface area contributed by atoms with Crippen molar-refractivity contribution in [2.75, 3.05) is 0 Å². The van der Waals surface area contributed by atoms with Gasteiger partial charge in [-0.15, -0.1) is 0 Å². The van der Waals surface area contributed by atoms with E-state index in [-0.39, 0.29) is 5.28 Å². The third-order valence-electron chi connectivity index (χ3n) is 2.27. The van der Waals surface area contributed by atoms with Crippen LogP contribution in [0.2, 0.25) is 5.28 Å². The summed E-state index contributed by atoms with van der Waals surface area (Å²) in [5.74, 6) is 0.848. The molecule has 0 unspecified atom stereocenters. The largest absolute Gasteiger partial charge is 0.468 e. The maximum Gasteiger partial charge on any atom is 0.225 e. The number of fused-ring (bicyclic) bond motifs is 1. The van der Waals surface area contributed by atoms with Crippen molar-refractivity contribution in [3.05, 3.63) is 29.6 Å². The highest BCUT2D eigenvalue weighted by molar-refractivity contribution is 7.99. The molecule has 86 valence electrons. The first-order valence-electron chi connectivity index (χ1n) is 4.82. The molecular formula is C10H7ClN4OS. The van der Waals surface area contributed by atoms with Gasteiger partial charge >= 0.3 is 0 Å². The molecule has 3 aromatic rings. The lowest BCUT2D eigenvalue weighted by Gasteiger charge is -2.00. The highest BCUT2D eigenvalue weighted by atomic mass is 35.5. The lowest BCUT2D eigenvalue weighted by molar-refractivity contribution is 0.527. The molecule has 0 saturated carbocycles. The Labute approximate surface area is 106 Å². The van der Waals surface area contributed by atoms with Gasteiger partial charge in [-0.3, -0.25) is 5.10 Å². The third-order valence-corrected chi connectivity index (χ3v) is 3.58. The molecule has 0 amide bonds. The first-order valence-corrected chi connectivity index (χ1v) is 6.02. The minimum atomic E-state index is 0.199. The van der Waals surface area contributed by atoms with E-state index < -0.39 is 0 Å². The van der Waals surface area contributed by atoms with E-state index in [1.807, 2.05) is 13.0 Å². The van der Waals surface area contributed by atoms with Crippen LogP contribution < -0.4 is 0 Å². The predicted octanol–water partition coefficient (Wildman–Crippen LogP) is 3.06. The van der Waals surface area contributed by atoms with Gasteiger partial charge in [0.2, 0.25) is 5.28 Å². The zero-order valence-corrected chi connectivity index (χ0v) is 10.3. The summed E-state index contributed by atoms with van der Waals surface area (Å²) in [6.45, 7) is 1.90. The summed E-state index contributed by atoms with van der Waals surface area (Å²) in [6, 6.07) is 1.89. The molecule has 3 rings (SSSR count). The van der Waals surface area contributed by atoms with Crippen molar-refractivity contribution in [2.24, 2.45) is 0 Å². The molecule has 3 heterocycles. The predicted molar refractivity (Wildman–Crippen MR) is 64.3 cm³/mol. The molecule has 0 fully saturated rings. The van der Waals surface area contributed by atoms with Crippen LogP contribution in [0.25, 0.3) is 11.0 Å². The van der Waals surface area contributed by atoms with Gasteiger partial charge in [0.1, 0.15) is 10.8 Å². The number of hydrogen-bond donors (Lipinski definition) is 1. The van der Waals surface area contributed by atoms with Crippen molar-refractivity contribution in [2.45, 2.75) is 16.8 Å². The van der Waals surface area contributed by atoms with Gasteiger partial charge in [-0.1, -0.05) is 11.8 Å². The molecule has 0 aliphatic carbocycles. The summed E-state index contributed by atoms with van der Waals surface area (Å²) in [4.78, 5) is 9.25. The lowest BCUT2D eigenvalue weighted by Crippen LogP contribution is -1.87. The fourth-order valence-corrected chi connectivity index (χ4v) is 2.58. The van der Waals surface area contributed by atoms with Crippen LogP contribution in [0.1, 0.15) is 5.76 Å². The molecule has 17 heavy (non-hydrogen) atoms. The van der Waals surface area contributed by atoms with E-state index in [2.05, 4.69) is 20.2 Å². The van der Waals surface area contributed by atoms with Gasteiger partial charge in [0, 0.05) is 0 Å². The van der Waals surface area contributed by atoms with Crippen LogP contribution in [-0.2, 0) is 0 Å². The summed E-state index contributed by atoms with van der Waals surface area (Å²) in [5, 5.41) is 8.51. The summed E-state index contributed by atoms with van der Waals surface area (Å²) in [6.07, 6.45) is 3.33. The average molecular weight is 267 g/mol. The van der Waals surface area contributed by atoms with Gasteiger partial charge in [-0.05, 0) is 24.6 Å². The van der Waals surface area contributed by atoms with E-state index in [9.17, 15) is 0 Å². The maximum absolute atomic E-state index is 5.85. The Bertz CT molecular complexity index is 678. The van der Waals surface area contributed by atoms with Crippen molar-refractivity contribution in [3.8, 4) is 0 Å². The Balaban J connectivity index is 2.11. The molecule has 0 aromatic carbocycles. The van der Waals surface area contributed by atoms with E-state index in [4.69, 9.17) is 16.0 Å². The van der Waals surface area contributed by atoms with E-state index in [0.717, 1.165) is 21.1 Å². The molecule has 0 aliphatic heterocycles. The number of aromatic nitrogens is 4. The van der Waals surface area contributed by atoms with Gasteiger partial charge in [-0.25, -0.2) is 4.98 Å². The molecule has 0 bridgehead atoms. The number of nitrogens with zero attached hydrogens (tertiary/aromatic N) is 3. The maximum atomic E-state index is 5.85. The van der Waals surface area contributed by atoms with Crippen molar-refractivity contribution in [1.82, 2.24) is 20.2 Å². The van der Waals surface area contributed by atoms with Crippen molar-refractivity contribution in [1.29, 1.82) is 0 Å². The lowest BCUT2D eigenvalue weighted by atomic mass is 10.4. The molecular weight excluding hydrogens is 260 g/mol.